The SMILES string of the molecule is Cc1c(N2CCN(C(=O)/C=C/c3ccccc3)CC2)c(=O)oc2cc(O)cc(O)c12. The molecule has 2 heterocycles. The molecule has 0 radical (unpaired) electrons. The van der Waals surface area contributed by atoms with Crippen LogP contribution in [0.25, 0.3) is 17.0 Å². The lowest BCUT2D eigenvalue weighted by molar-refractivity contribution is -0.126. The average Bonchev–Trinajstić information content (AvgIpc) is 2.72. The monoisotopic (exact) mass is 406 g/mol. The summed E-state index contributed by atoms with van der Waals surface area (Å²) in [5.41, 5.74) is 1.52. The molecule has 1 aliphatic heterocycles. The first-order valence-electron chi connectivity index (χ1n) is 9.70. The van der Waals surface area contributed by atoms with E-state index in [2.05, 4.69) is 0 Å². The summed E-state index contributed by atoms with van der Waals surface area (Å²) in [5, 5.41) is 20.2. The third-order valence-corrected chi connectivity index (χ3v) is 5.32. The minimum Gasteiger partial charge on any atom is -0.508 e. The van der Waals surface area contributed by atoms with Gasteiger partial charge in [-0.2, -0.15) is 0 Å². The summed E-state index contributed by atoms with van der Waals surface area (Å²) in [4.78, 5) is 28.7. The van der Waals surface area contributed by atoms with E-state index in [9.17, 15) is 19.8 Å². The number of piperazine rings is 1. The largest absolute Gasteiger partial charge is 0.508 e. The van der Waals surface area contributed by atoms with Crippen molar-refractivity contribution < 1.29 is 19.4 Å². The number of rotatable bonds is 3. The number of phenolic OH excluding ortho intramolecular Hbond substituents is 2. The van der Waals surface area contributed by atoms with Crippen molar-refractivity contribution in [1.82, 2.24) is 4.90 Å². The lowest BCUT2D eigenvalue weighted by Crippen LogP contribution is -2.49. The van der Waals surface area contributed by atoms with Crippen molar-refractivity contribution in [3.8, 4) is 11.5 Å². The Morgan fingerprint density at radius 1 is 1.07 bits per heavy atom. The zero-order valence-electron chi connectivity index (χ0n) is 16.5. The Kier molecular flexibility index (Phi) is 5.18. The lowest BCUT2D eigenvalue weighted by atomic mass is 10.1. The van der Waals surface area contributed by atoms with E-state index in [1.165, 1.54) is 12.1 Å². The zero-order chi connectivity index (χ0) is 21.3. The highest BCUT2D eigenvalue weighted by Gasteiger charge is 2.25. The molecule has 2 N–H and O–H groups in total. The van der Waals surface area contributed by atoms with Crippen LogP contribution in [0.2, 0.25) is 0 Å². The summed E-state index contributed by atoms with van der Waals surface area (Å²) < 4.78 is 5.34. The Morgan fingerprint density at radius 3 is 2.47 bits per heavy atom. The fourth-order valence-electron chi connectivity index (χ4n) is 3.82. The number of nitrogens with zero attached hydrogens (tertiary/aromatic N) is 2. The molecule has 1 fully saturated rings. The molecule has 0 unspecified atom stereocenters. The first-order chi connectivity index (χ1) is 14.4. The first kappa shape index (κ1) is 19.6. The van der Waals surface area contributed by atoms with Gasteiger partial charge in [-0.25, -0.2) is 4.79 Å². The predicted octanol–water partition coefficient (Wildman–Crippen LogP) is 2.87. The normalized spacial score (nSPS) is 14.6. The summed E-state index contributed by atoms with van der Waals surface area (Å²) in [5.74, 6) is -0.396. The molecule has 0 aliphatic carbocycles. The molecule has 0 saturated carbocycles. The predicted molar refractivity (Wildman–Crippen MR) is 115 cm³/mol. The molecule has 2 aromatic carbocycles. The van der Waals surface area contributed by atoms with Crippen molar-refractivity contribution in [3.63, 3.8) is 0 Å². The second kappa shape index (κ2) is 7.94. The topological polar surface area (TPSA) is 94.2 Å². The maximum absolute atomic E-state index is 12.6. The highest BCUT2D eigenvalue weighted by atomic mass is 16.4. The fraction of sp³-hybridized carbons (Fsp3) is 0.217. The Bertz CT molecular complexity index is 1180. The minimum absolute atomic E-state index is 0.0751. The van der Waals surface area contributed by atoms with Gasteiger partial charge < -0.3 is 24.4 Å². The van der Waals surface area contributed by atoms with E-state index in [1.807, 2.05) is 35.2 Å². The van der Waals surface area contributed by atoms with E-state index < -0.39 is 5.63 Å². The van der Waals surface area contributed by atoms with E-state index in [4.69, 9.17) is 4.42 Å². The van der Waals surface area contributed by atoms with Crippen molar-refractivity contribution in [2.24, 2.45) is 0 Å². The number of hydrogen-bond donors (Lipinski definition) is 2. The molecule has 7 heteroatoms. The van der Waals surface area contributed by atoms with Gasteiger partial charge in [0.15, 0.2) is 0 Å². The number of hydrogen-bond acceptors (Lipinski definition) is 6. The summed E-state index contributed by atoms with van der Waals surface area (Å²) in [6.45, 7) is 3.63. The molecule has 0 spiro atoms. The number of carbonyl (C=O) groups is 1. The molecule has 1 amide bonds. The number of amides is 1. The van der Waals surface area contributed by atoms with Crippen molar-refractivity contribution >= 4 is 28.6 Å². The number of phenols is 2. The number of aryl methyl sites for hydroxylation is 1. The van der Waals surface area contributed by atoms with E-state index in [1.54, 1.807) is 24.0 Å². The highest BCUT2D eigenvalue weighted by Crippen LogP contribution is 2.34. The Labute approximate surface area is 173 Å². The second-order valence-electron chi connectivity index (χ2n) is 7.26. The van der Waals surface area contributed by atoms with Gasteiger partial charge in [0.1, 0.15) is 22.8 Å². The van der Waals surface area contributed by atoms with Crippen LogP contribution in [0.5, 0.6) is 11.5 Å². The Hall–Kier alpha value is -3.74. The van der Waals surface area contributed by atoms with Crippen LogP contribution in [0.3, 0.4) is 0 Å². The molecule has 4 rings (SSSR count). The van der Waals surface area contributed by atoms with E-state index in [0.717, 1.165) is 5.56 Å². The molecular formula is C23H22N2O5. The minimum atomic E-state index is -0.534. The van der Waals surface area contributed by atoms with Gasteiger partial charge in [-0.3, -0.25) is 4.79 Å². The maximum atomic E-state index is 12.6. The number of carbonyl (C=O) groups excluding carboxylic acids is 1. The molecule has 154 valence electrons. The van der Waals surface area contributed by atoms with E-state index >= 15 is 0 Å². The molecule has 1 aromatic heterocycles. The van der Waals surface area contributed by atoms with Gasteiger partial charge in [0.25, 0.3) is 0 Å². The molecule has 0 bridgehead atoms. The van der Waals surface area contributed by atoms with Crippen LogP contribution in [-0.2, 0) is 4.79 Å². The van der Waals surface area contributed by atoms with Crippen LogP contribution >= 0.6 is 0 Å². The van der Waals surface area contributed by atoms with Crippen molar-refractivity contribution in [2.75, 3.05) is 31.1 Å². The molecular weight excluding hydrogens is 384 g/mol. The first-order valence-corrected chi connectivity index (χ1v) is 9.70. The smallest absolute Gasteiger partial charge is 0.360 e. The standard InChI is InChI=1S/C23H22N2O5/c1-15-21-18(27)13-17(26)14-19(21)30-23(29)22(15)25-11-9-24(10-12-25)20(28)8-7-16-5-3-2-4-6-16/h2-8,13-14,26-27H,9-12H2,1H3/b8-7+. The van der Waals surface area contributed by atoms with Gasteiger partial charge in [-0.15, -0.1) is 0 Å². The Balaban J connectivity index is 1.52. The maximum Gasteiger partial charge on any atom is 0.360 e. The van der Waals surface area contributed by atoms with Gasteiger partial charge >= 0.3 is 5.63 Å². The quantitative estimate of drug-likeness (QED) is 0.513. The second-order valence-corrected chi connectivity index (χ2v) is 7.26. The van der Waals surface area contributed by atoms with Crippen LogP contribution in [0.15, 0.2) is 57.8 Å². The van der Waals surface area contributed by atoms with E-state index in [-0.39, 0.29) is 23.0 Å². The summed E-state index contributed by atoms with van der Waals surface area (Å²) in [7, 11) is 0. The molecule has 1 saturated heterocycles. The third-order valence-electron chi connectivity index (χ3n) is 5.32. The zero-order valence-corrected chi connectivity index (χ0v) is 16.5. The van der Waals surface area contributed by atoms with Crippen molar-refractivity contribution in [1.29, 1.82) is 0 Å². The number of fused-ring (bicyclic) bond motifs is 1. The molecule has 30 heavy (non-hydrogen) atoms. The molecule has 3 aromatic rings. The van der Waals surface area contributed by atoms with Crippen LogP contribution in [0.1, 0.15) is 11.1 Å². The van der Waals surface area contributed by atoms with Crippen LogP contribution in [0, 0.1) is 6.92 Å². The fourth-order valence-corrected chi connectivity index (χ4v) is 3.82. The van der Waals surface area contributed by atoms with Crippen LogP contribution in [0.4, 0.5) is 5.69 Å². The number of benzene rings is 2. The van der Waals surface area contributed by atoms with Crippen molar-refractivity contribution in [3.05, 3.63) is 70.1 Å². The van der Waals surface area contributed by atoms with Gasteiger partial charge in [0, 0.05) is 44.4 Å². The number of aromatic hydroxyl groups is 2. The summed E-state index contributed by atoms with van der Waals surface area (Å²) >= 11 is 0. The van der Waals surface area contributed by atoms with E-state index in [0.29, 0.717) is 42.8 Å². The van der Waals surface area contributed by atoms with Gasteiger partial charge in [-0.1, -0.05) is 30.3 Å². The summed E-state index contributed by atoms with van der Waals surface area (Å²) in [6, 6.07) is 12.1. The number of anilines is 1. The summed E-state index contributed by atoms with van der Waals surface area (Å²) in [6.07, 6.45) is 3.35. The lowest BCUT2D eigenvalue weighted by Gasteiger charge is -2.35. The van der Waals surface area contributed by atoms with Crippen molar-refractivity contribution in [2.45, 2.75) is 6.92 Å². The van der Waals surface area contributed by atoms with Gasteiger partial charge in [0.05, 0.1) is 5.39 Å². The Morgan fingerprint density at radius 2 is 1.77 bits per heavy atom. The molecule has 0 atom stereocenters. The van der Waals surface area contributed by atoms with Crippen LogP contribution < -0.4 is 10.5 Å². The average molecular weight is 406 g/mol. The third kappa shape index (κ3) is 3.74. The van der Waals surface area contributed by atoms with Gasteiger partial charge in [-0.05, 0) is 24.1 Å². The van der Waals surface area contributed by atoms with Crippen LogP contribution in [-0.4, -0.2) is 47.2 Å². The highest BCUT2D eigenvalue weighted by molar-refractivity contribution is 5.92. The van der Waals surface area contributed by atoms with Gasteiger partial charge in [0.2, 0.25) is 5.91 Å². The molecule has 7 nitrogen and oxygen atoms in total. The molecule has 1 aliphatic rings.